The second-order valence-corrected chi connectivity index (χ2v) is 5.25. The van der Waals surface area contributed by atoms with Crippen LogP contribution in [0.4, 0.5) is 11.4 Å². The summed E-state index contributed by atoms with van der Waals surface area (Å²) in [6.07, 6.45) is 0. The number of benzene rings is 2. The topological polar surface area (TPSA) is 76.4 Å². The Morgan fingerprint density at radius 3 is 2.48 bits per heavy atom. The third kappa shape index (κ3) is 4.24. The minimum atomic E-state index is 0.169. The van der Waals surface area contributed by atoms with E-state index in [1.165, 1.54) is 5.56 Å². The number of hydrogen-bond donors (Lipinski definition) is 3. The highest BCUT2D eigenvalue weighted by Crippen LogP contribution is 2.20. The second-order valence-electron chi connectivity index (χ2n) is 5.25. The van der Waals surface area contributed by atoms with E-state index in [0.29, 0.717) is 11.5 Å². The molecule has 0 fully saturated rings. The number of amidine groups is 1. The van der Waals surface area contributed by atoms with Gasteiger partial charge in [-0.25, -0.2) is 0 Å². The lowest BCUT2D eigenvalue weighted by Crippen LogP contribution is -2.16. The molecule has 0 amide bonds. The number of hydrogen-bond acceptors (Lipinski definition) is 3. The molecule has 0 aliphatic carbocycles. The normalized spacial score (nSPS) is 11.7. The molecule has 0 bridgehead atoms. The van der Waals surface area contributed by atoms with Gasteiger partial charge < -0.3 is 16.8 Å². The number of nitrogens with zero attached hydrogens (tertiary/aromatic N) is 1. The van der Waals surface area contributed by atoms with E-state index in [2.05, 4.69) is 22.4 Å². The molecular weight excluding hydrogens is 260 g/mol. The van der Waals surface area contributed by atoms with E-state index in [1.807, 2.05) is 50.2 Å². The molecule has 0 aliphatic rings. The molecule has 110 valence electrons. The quantitative estimate of drug-likeness (QED) is 0.448. The van der Waals surface area contributed by atoms with Gasteiger partial charge in [0.2, 0.25) is 0 Å². The predicted molar refractivity (Wildman–Crippen MR) is 90.5 cm³/mol. The average Bonchev–Trinajstić information content (AvgIpc) is 2.46. The van der Waals surface area contributed by atoms with Crippen molar-refractivity contribution in [3.05, 3.63) is 59.7 Å². The SMILES string of the molecule is CC(C)N=C(N)c1ccc(NCc2ccccc2)c(N)c1. The molecule has 0 unspecified atom stereocenters. The van der Waals surface area contributed by atoms with Crippen LogP contribution >= 0.6 is 0 Å². The van der Waals surface area contributed by atoms with E-state index >= 15 is 0 Å². The van der Waals surface area contributed by atoms with Crippen molar-refractivity contribution in [3.63, 3.8) is 0 Å². The number of nitrogens with one attached hydrogen (secondary N) is 1. The van der Waals surface area contributed by atoms with Crippen LogP contribution in [-0.4, -0.2) is 11.9 Å². The predicted octanol–water partition coefficient (Wildman–Crippen LogP) is 2.99. The summed E-state index contributed by atoms with van der Waals surface area (Å²) in [5, 5.41) is 3.33. The van der Waals surface area contributed by atoms with Gasteiger partial charge in [0.15, 0.2) is 0 Å². The van der Waals surface area contributed by atoms with E-state index in [-0.39, 0.29) is 6.04 Å². The maximum absolute atomic E-state index is 6.08. The first-order valence-electron chi connectivity index (χ1n) is 7.07. The van der Waals surface area contributed by atoms with Crippen LogP contribution in [0.15, 0.2) is 53.5 Å². The summed E-state index contributed by atoms with van der Waals surface area (Å²) in [7, 11) is 0. The fourth-order valence-electron chi connectivity index (χ4n) is 2.03. The smallest absolute Gasteiger partial charge is 0.125 e. The van der Waals surface area contributed by atoms with Crippen molar-refractivity contribution in [3.8, 4) is 0 Å². The minimum Gasteiger partial charge on any atom is -0.397 e. The van der Waals surface area contributed by atoms with Crippen molar-refractivity contribution in [2.24, 2.45) is 10.7 Å². The van der Waals surface area contributed by atoms with Gasteiger partial charge in [0.1, 0.15) is 5.84 Å². The van der Waals surface area contributed by atoms with Gasteiger partial charge in [-0.05, 0) is 37.6 Å². The zero-order chi connectivity index (χ0) is 15.2. The Hall–Kier alpha value is -2.49. The Labute approximate surface area is 125 Å². The van der Waals surface area contributed by atoms with Crippen molar-refractivity contribution in [2.45, 2.75) is 26.4 Å². The van der Waals surface area contributed by atoms with E-state index < -0.39 is 0 Å². The lowest BCUT2D eigenvalue weighted by molar-refractivity contribution is 0.834. The van der Waals surface area contributed by atoms with E-state index in [4.69, 9.17) is 11.5 Å². The lowest BCUT2D eigenvalue weighted by Gasteiger charge is -2.11. The van der Waals surface area contributed by atoms with Crippen molar-refractivity contribution in [1.29, 1.82) is 0 Å². The molecule has 0 aromatic heterocycles. The Kier molecular flexibility index (Phi) is 4.82. The van der Waals surface area contributed by atoms with Gasteiger partial charge in [-0.1, -0.05) is 30.3 Å². The van der Waals surface area contributed by atoms with Crippen molar-refractivity contribution < 1.29 is 0 Å². The Morgan fingerprint density at radius 1 is 1.14 bits per heavy atom. The van der Waals surface area contributed by atoms with E-state index in [9.17, 15) is 0 Å². The van der Waals surface area contributed by atoms with Gasteiger partial charge >= 0.3 is 0 Å². The van der Waals surface area contributed by atoms with Gasteiger partial charge in [0, 0.05) is 18.2 Å². The van der Waals surface area contributed by atoms with Gasteiger partial charge in [-0.2, -0.15) is 0 Å². The highest BCUT2D eigenvalue weighted by molar-refractivity contribution is 5.99. The van der Waals surface area contributed by atoms with Crippen LogP contribution in [0.25, 0.3) is 0 Å². The number of nitrogen functional groups attached to an aromatic ring is 1. The standard InChI is InChI=1S/C17H22N4/c1-12(2)21-17(19)14-8-9-16(15(18)10-14)20-11-13-6-4-3-5-7-13/h3-10,12,20H,11,18H2,1-2H3,(H2,19,21). The third-order valence-corrected chi connectivity index (χ3v) is 3.07. The molecule has 2 aromatic rings. The summed E-state index contributed by atoms with van der Waals surface area (Å²) in [6.45, 7) is 4.72. The van der Waals surface area contributed by atoms with Crippen molar-refractivity contribution in [2.75, 3.05) is 11.1 Å². The first-order valence-corrected chi connectivity index (χ1v) is 7.07. The van der Waals surface area contributed by atoms with Crippen LogP contribution < -0.4 is 16.8 Å². The monoisotopic (exact) mass is 282 g/mol. The molecule has 0 atom stereocenters. The lowest BCUT2D eigenvalue weighted by atomic mass is 10.1. The summed E-state index contributed by atoms with van der Waals surface area (Å²) in [5.74, 6) is 0.520. The summed E-state index contributed by atoms with van der Waals surface area (Å²) < 4.78 is 0. The van der Waals surface area contributed by atoms with Crippen molar-refractivity contribution in [1.82, 2.24) is 0 Å². The summed E-state index contributed by atoms with van der Waals surface area (Å²) in [6, 6.07) is 16.1. The number of nitrogens with two attached hydrogens (primary N) is 2. The largest absolute Gasteiger partial charge is 0.397 e. The fourth-order valence-corrected chi connectivity index (χ4v) is 2.03. The molecule has 2 aromatic carbocycles. The maximum atomic E-state index is 6.08. The second kappa shape index (κ2) is 6.79. The van der Waals surface area contributed by atoms with Gasteiger partial charge in [-0.15, -0.1) is 0 Å². The van der Waals surface area contributed by atoms with E-state index in [0.717, 1.165) is 17.8 Å². The van der Waals surface area contributed by atoms with Crippen LogP contribution in [0.3, 0.4) is 0 Å². The Morgan fingerprint density at radius 2 is 1.86 bits per heavy atom. The zero-order valence-electron chi connectivity index (χ0n) is 12.5. The molecule has 5 N–H and O–H groups in total. The van der Waals surface area contributed by atoms with Crippen LogP contribution in [0.5, 0.6) is 0 Å². The molecule has 0 aliphatic heterocycles. The summed E-state index contributed by atoms with van der Waals surface area (Å²) in [4.78, 5) is 4.33. The molecule has 0 saturated heterocycles. The van der Waals surface area contributed by atoms with E-state index in [1.54, 1.807) is 0 Å². The summed E-state index contributed by atoms with van der Waals surface area (Å²) in [5.41, 5.74) is 15.7. The molecule has 4 nitrogen and oxygen atoms in total. The highest BCUT2D eigenvalue weighted by atomic mass is 14.9. The zero-order valence-corrected chi connectivity index (χ0v) is 12.5. The highest BCUT2D eigenvalue weighted by Gasteiger charge is 2.04. The van der Waals surface area contributed by atoms with Crippen LogP contribution in [0, 0.1) is 0 Å². The first-order chi connectivity index (χ1) is 10.1. The van der Waals surface area contributed by atoms with Crippen LogP contribution in [0.1, 0.15) is 25.0 Å². The molecule has 0 saturated carbocycles. The van der Waals surface area contributed by atoms with Gasteiger partial charge in [0.05, 0.1) is 11.4 Å². The Bertz CT molecular complexity index is 618. The molecule has 4 heteroatoms. The summed E-state index contributed by atoms with van der Waals surface area (Å²) >= 11 is 0. The molecule has 21 heavy (non-hydrogen) atoms. The van der Waals surface area contributed by atoms with Crippen molar-refractivity contribution >= 4 is 17.2 Å². The number of rotatable bonds is 5. The van der Waals surface area contributed by atoms with Crippen LogP contribution in [-0.2, 0) is 6.54 Å². The maximum Gasteiger partial charge on any atom is 0.125 e. The molecule has 0 heterocycles. The minimum absolute atomic E-state index is 0.169. The van der Waals surface area contributed by atoms with Gasteiger partial charge in [0.25, 0.3) is 0 Å². The average molecular weight is 282 g/mol. The molecule has 0 radical (unpaired) electrons. The van der Waals surface area contributed by atoms with Gasteiger partial charge in [-0.3, -0.25) is 4.99 Å². The molecular formula is C17H22N4. The van der Waals surface area contributed by atoms with Crippen LogP contribution in [0.2, 0.25) is 0 Å². The first kappa shape index (κ1) is 14.9. The fraction of sp³-hybridized carbons (Fsp3) is 0.235. The number of aliphatic imine (C=N–C) groups is 1. The Balaban J connectivity index is 2.09. The molecule has 2 rings (SSSR count). The third-order valence-electron chi connectivity index (χ3n) is 3.07. The molecule has 0 spiro atoms. The number of anilines is 2.